The molecule has 3 N–H and O–H groups in total. The Hall–Kier alpha value is -2.87. The van der Waals surface area contributed by atoms with Crippen LogP contribution in [0.3, 0.4) is 0 Å². The molecule has 29 heavy (non-hydrogen) atoms. The fourth-order valence-corrected chi connectivity index (χ4v) is 3.47. The fourth-order valence-electron chi connectivity index (χ4n) is 3.47. The number of ether oxygens (including phenoxy) is 1. The van der Waals surface area contributed by atoms with E-state index in [0.29, 0.717) is 30.8 Å². The van der Waals surface area contributed by atoms with E-state index in [0.717, 1.165) is 36.4 Å². The lowest BCUT2D eigenvalue weighted by Crippen LogP contribution is -2.35. The van der Waals surface area contributed by atoms with Crippen LogP contribution in [0.2, 0.25) is 0 Å². The van der Waals surface area contributed by atoms with Crippen molar-refractivity contribution in [3.63, 3.8) is 0 Å². The normalized spacial score (nSPS) is 15.9. The Labute approximate surface area is 171 Å². The molecule has 1 aliphatic rings. The zero-order valence-electron chi connectivity index (χ0n) is 17.2. The number of benzene rings is 1. The predicted octanol–water partition coefficient (Wildman–Crippen LogP) is 2.91. The van der Waals surface area contributed by atoms with Crippen molar-refractivity contribution < 1.29 is 14.3 Å². The molecule has 2 heterocycles. The number of carbonyl (C=O) groups is 2. The van der Waals surface area contributed by atoms with Gasteiger partial charge in [0.15, 0.2) is 0 Å². The predicted molar refractivity (Wildman–Crippen MR) is 112 cm³/mol. The van der Waals surface area contributed by atoms with Gasteiger partial charge in [0.05, 0.1) is 11.8 Å². The molecule has 0 aliphatic carbocycles. The monoisotopic (exact) mass is 399 g/mol. The van der Waals surface area contributed by atoms with Gasteiger partial charge in [-0.25, -0.2) is 4.79 Å². The van der Waals surface area contributed by atoms with Gasteiger partial charge in [-0.3, -0.25) is 9.48 Å². The minimum atomic E-state index is -0.264. The van der Waals surface area contributed by atoms with E-state index >= 15 is 0 Å². The number of anilines is 2. The van der Waals surface area contributed by atoms with Gasteiger partial charge in [0.25, 0.3) is 0 Å². The van der Waals surface area contributed by atoms with Gasteiger partial charge in [0.2, 0.25) is 5.91 Å². The lowest BCUT2D eigenvalue weighted by Gasteiger charge is -2.12. The Morgan fingerprint density at radius 3 is 2.45 bits per heavy atom. The molecule has 0 bridgehead atoms. The van der Waals surface area contributed by atoms with Crippen LogP contribution in [-0.2, 0) is 23.0 Å². The van der Waals surface area contributed by atoms with E-state index in [1.165, 1.54) is 0 Å². The van der Waals surface area contributed by atoms with Gasteiger partial charge in [-0.05, 0) is 62.9 Å². The number of aromatic nitrogens is 2. The largest absolute Gasteiger partial charge is 0.376 e. The molecule has 1 saturated heterocycles. The molecule has 0 saturated carbocycles. The van der Waals surface area contributed by atoms with Gasteiger partial charge in [-0.2, -0.15) is 5.10 Å². The number of carbonyl (C=O) groups excluding carboxylic acids is 2. The molecule has 0 radical (unpaired) electrons. The first-order valence-corrected chi connectivity index (χ1v) is 9.98. The number of nitrogens with zero attached hydrogens (tertiary/aromatic N) is 2. The van der Waals surface area contributed by atoms with Crippen molar-refractivity contribution in [3.05, 3.63) is 41.2 Å². The second-order valence-electron chi connectivity index (χ2n) is 7.37. The molecule has 1 aromatic heterocycles. The van der Waals surface area contributed by atoms with Crippen LogP contribution < -0.4 is 16.0 Å². The molecule has 1 fully saturated rings. The Morgan fingerprint density at radius 2 is 1.86 bits per heavy atom. The van der Waals surface area contributed by atoms with Gasteiger partial charge in [0, 0.05) is 43.7 Å². The van der Waals surface area contributed by atoms with Crippen LogP contribution in [0.5, 0.6) is 0 Å². The lowest BCUT2D eigenvalue weighted by molar-refractivity contribution is -0.116. The molecular weight excluding hydrogens is 370 g/mol. The van der Waals surface area contributed by atoms with Crippen molar-refractivity contribution in [2.75, 3.05) is 23.8 Å². The zero-order chi connectivity index (χ0) is 20.8. The summed E-state index contributed by atoms with van der Waals surface area (Å²) in [6, 6.07) is 6.80. The average Bonchev–Trinajstić information content (AvgIpc) is 3.29. The van der Waals surface area contributed by atoms with Crippen LogP contribution in [0.15, 0.2) is 24.3 Å². The topological polar surface area (TPSA) is 97.3 Å². The quantitative estimate of drug-likeness (QED) is 0.667. The standard InChI is InChI=1S/C21H29N5O3/c1-14-19(15(2)26(3)25-14)10-11-20(27)23-16-6-8-17(9-7-16)24-21(28)22-13-18-5-4-12-29-18/h6-9,18H,4-5,10-13H2,1-3H3,(H,23,27)(H2,22,24,28). The van der Waals surface area contributed by atoms with Gasteiger partial charge >= 0.3 is 6.03 Å². The van der Waals surface area contributed by atoms with E-state index in [1.54, 1.807) is 24.3 Å². The SMILES string of the molecule is Cc1nn(C)c(C)c1CCC(=O)Nc1ccc(NC(=O)NCC2CCCO2)cc1. The summed E-state index contributed by atoms with van der Waals surface area (Å²) in [7, 11) is 1.91. The Kier molecular flexibility index (Phi) is 6.87. The van der Waals surface area contributed by atoms with Gasteiger partial charge in [-0.15, -0.1) is 0 Å². The molecule has 3 rings (SSSR count). The fraction of sp³-hybridized carbons (Fsp3) is 0.476. The van der Waals surface area contributed by atoms with E-state index < -0.39 is 0 Å². The summed E-state index contributed by atoms with van der Waals surface area (Å²) in [6.45, 7) is 5.25. The van der Waals surface area contributed by atoms with Crippen molar-refractivity contribution in [2.45, 2.75) is 45.6 Å². The third kappa shape index (κ3) is 5.80. The molecule has 1 unspecified atom stereocenters. The van der Waals surface area contributed by atoms with Crippen LogP contribution in [0.1, 0.15) is 36.2 Å². The maximum atomic E-state index is 12.3. The molecule has 2 aromatic rings. The smallest absolute Gasteiger partial charge is 0.319 e. The van der Waals surface area contributed by atoms with E-state index in [9.17, 15) is 9.59 Å². The van der Waals surface area contributed by atoms with E-state index in [-0.39, 0.29) is 18.0 Å². The van der Waals surface area contributed by atoms with Crippen LogP contribution >= 0.6 is 0 Å². The summed E-state index contributed by atoms with van der Waals surface area (Å²) in [4.78, 5) is 24.2. The van der Waals surface area contributed by atoms with E-state index in [1.807, 2.05) is 25.6 Å². The second-order valence-corrected chi connectivity index (χ2v) is 7.37. The maximum absolute atomic E-state index is 12.3. The Balaban J connectivity index is 1.43. The summed E-state index contributed by atoms with van der Waals surface area (Å²) >= 11 is 0. The second kappa shape index (κ2) is 9.56. The van der Waals surface area contributed by atoms with Crippen molar-refractivity contribution in [1.82, 2.24) is 15.1 Å². The lowest BCUT2D eigenvalue weighted by atomic mass is 10.1. The summed E-state index contributed by atoms with van der Waals surface area (Å²) in [5, 5.41) is 12.9. The number of nitrogens with one attached hydrogen (secondary N) is 3. The summed E-state index contributed by atoms with van der Waals surface area (Å²) < 4.78 is 7.32. The average molecular weight is 399 g/mol. The van der Waals surface area contributed by atoms with Gasteiger partial charge < -0.3 is 20.7 Å². The number of urea groups is 1. The number of rotatable bonds is 7. The highest BCUT2D eigenvalue weighted by Crippen LogP contribution is 2.17. The molecule has 156 valence electrons. The molecule has 1 aliphatic heterocycles. The van der Waals surface area contributed by atoms with E-state index in [4.69, 9.17) is 4.74 Å². The van der Waals surface area contributed by atoms with Crippen LogP contribution in [0, 0.1) is 13.8 Å². The van der Waals surface area contributed by atoms with Crippen molar-refractivity contribution >= 4 is 23.3 Å². The van der Waals surface area contributed by atoms with Crippen molar-refractivity contribution in [3.8, 4) is 0 Å². The Bertz CT molecular complexity index is 854. The van der Waals surface area contributed by atoms with Gasteiger partial charge in [-0.1, -0.05) is 0 Å². The first kappa shape index (κ1) is 20.9. The van der Waals surface area contributed by atoms with Gasteiger partial charge in [0.1, 0.15) is 0 Å². The molecule has 8 heteroatoms. The third-order valence-electron chi connectivity index (χ3n) is 5.20. The number of hydrogen-bond donors (Lipinski definition) is 3. The van der Waals surface area contributed by atoms with Crippen LogP contribution in [0.4, 0.5) is 16.2 Å². The maximum Gasteiger partial charge on any atom is 0.319 e. The number of amides is 3. The molecule has 8 nitrogen and oxygen atoms in total. The summed E-state index contributed by atoms with van der Waals surface area (Å²) in [5.74, 6) is -0.0531. The minimum absolute atomic E-state index is 0.0531. The number of hydrogen-bond acceptors (Lipinski definition) is 4. The molecule has 0 spiro atoms. The molecule has 1 atom stereocenters. The molecule has 3 amide bonds. The first-order valence-electron chi connectivity index (χ1n) is 9.98. The van der Waals surface area contributed by atoms with Crippen LogP contribution in [0.25, 0.3) is 0 Å². The first-order chi connectivity index (χ1) is 13.9. The zero-order valence-corrected chi connectivity index (χ0v) is 17.2. The highest BCUT2D eigenvalue weighted by Gasteiger charge is 2.16. The highest BCUT2D eigenvalue weighted by molar-refractivity contribution is 5.92. The Morgan fingerprint density at radius 1 is 1.17 bits per heavy atom. The van der Waals surface area contributed by atoms with Crippen LogP contribution in [-0.4, -0.2) is 41.0 Å². The number of aryl methyl sites for hydroxylation is 2. The highest BCUT2D eigenvalue weighted by atomic mass is 16.5. The minimum Gasteiger partial charge on any atom is -0.376 e. The third-order valence-corrected chi connectivity index (χ3v) is 5.20. The summed E-state index contributed by atoms with van der Waals surface area (Å²) in [5.41, 5.74) is 4.53. The summed E-state index contributed by atoms with van der Waals surface area (Å²) in [6.07, 6.45) is 3.18. The molecular formula is C21H29N5O3. The van der Waals surface area contributed by atoms with Crippen molar-refractivity contribution in [2.24, 2.45) is 7.05 Å². The molecule has 1 aromatic carbocycles. The van der Waals surface area contributed by atoms with E-state index in [2.05, 4.69) is 21.0 Å². The van der Waals surface area contributed by atoms with Crippen molar-refractivity contribution in [1.29, 1.82) is 0 Å².